The van der Waals surface area contributed by atoms with Crippen LogP contribution in [0.2, 0.25) is 0 Å². The number of carbonyl (C=O) groups is 2. The molecule has 3 aromatic carbocycles. The summed E-state index contributed by atoms with van der Waals surface area (Å²) in [6.45, 7) is 3.68. The number of rotatable bonds is 13. The van der Waals surface area contributed by atoms with Gasteiger partial charge in [0.05, 0.1) is 17.4 Å². The van der Waals surface area contributed by atoms with Crippen molar-refractivity contribution in [2.75, 3.05) is 5.75 Å². The molecule has 3 aromatic rings. The Morgan fingerprint density at radius 2 is 1.61 bits per heavy atom. The van der Waals surface area contributed by atoms with Crippen LogP contribution in [0.1, 0.15) is 80.0 Å². The number of ether oxygens (including phenoxy) is 2. The molecule has 0 bridgehead atoms. The highest BCUT2D eigenvalue weighted by Gasteiger charge is 2.26. The van der Waals surface area contributed by atoms with E-state index in [0.29, 0.717) is 24.2 Å². The molecule has 4 N–H and O–H groups in total. The van der Waals surface area contributed by atoms with Crippen LogP contribution in [0.3, 0.4) is 0 Å². The second-order valence-corrected chi connectivity index (χ2v) is 13.4. The van der Waals surface area contributed by atoms with Gasteiger partial charge in [0.15, 0.2) is 0 Å². The molecule has 1 aliphatic carbocycles. The Morgan fingerprint density at radius 1 is 0.955 bits per heavy atom. The van der Waals surface area contributed by atoms with Gasteiger partial charge in [-0.2, -0.15) is 0 Å². The third-order valence-corrected chi connectivity index (χ3v) is 9.19. The van der Waals surface area contributed by atoms with Gasteiger partial charge in [-0.25, -0.2) is 17.9 Å². The fraction of sp³-hybridized carbons (Fsp3) is 0.412. The van der Waals surface area contributed by atoms with Gasteiger partial charge in [0.25, 0.3) is 5.91 Å². The fourth-order valence-corrected chi connectivity index (χ4v) is 7.04. The molecule has 0 saturated heterocycles. The van der Waals surface area contributed by atoms with E-state index in [-0.39, 0.29) is 23.3 Å². The fourth-order valence-electron chi connectivity index (χ4n) is 5.61. The number of nitrogens with two attached hydrogens (primary N) is 1. The van der Waals surface area contributed by atoms with Gasteiger partial charge in [0.2, 0.25) is 10.0 Å². The summed E-state index contributed by atoms with van der Waals surface area (Å²) in [4.78, 5) is 24.6. The molecule has 1 fully saturated rings. The van der Waals surface area contributed by atoms with Gasteiger partial charge in [-0.05, 0) is 79.8 Å². The van der Waals surface area contributed by atoms with Crippen molar-refractivity contribution < 1.29 is 32.6 Å². The van der Waals surface area contributed by atoms with Gasteiger partial charge < -0.3 is 20.3 Å². The minimum absolute atomic E-state index is 0.0514. The van der Waals surface area contributed by atoms with E-state index < -0.39 is 34.2 Å². The van der Waals surface area contributed by atoms with Gasteiger partial charge >= 0.3 is 6.09 Å². The van der Waals surface area contributed by atoms with Crippen molar-refractivity contribution in [1.29, 1.82) is 0 Å². The van der Waals surface area contributed by atoms with E-state index in [1.165, 1.54) is 0 Å². The van der Waals surface area contributed by atoms with Crippen molar-refractivity contribution in [2.45, 2.75) is 77.1 Å². The molecule has 236 valence electrons. The van der Waals surface area contributed by atoms with Crippen molar-refractivity contribution >= 4 is 22.0 Å². The zero-order chi connectivity index (χ0) is 31.7. The normalized spacial score (nSPS) is 15.4. The standard InChI is InChI=1S/C34H42N2O7S/c1-23(2)42-31-21-28(18-19-29(31)33(38)36-44(40,41)22-25-9-5-3-6-10-25)26-16-13-24(14-17-26)15-20-30(43-34(35)39)32(37)27-11-7-4-8-12-27/h4,7-8,11-14,16-19,21,23,25,30,32,37H,3,5-6,9-10,15,20,22H2,1-2H3,(H2,35,39)(H,36,38)/t30?,32-/m1/s1. The van der Waals surface area contributed by atoms with Crippen LogP contribution in [-0.4, -0.2) is 43.5 Å². The second-order valence-electron chi connectivity index (χ2n) is 11.7. The molecule has 9 nitrogen and oxygen atoms in total. The predicted molar refractivity (Wildman–Crippen MR) is 170 cm³/mol. The third-order valence-electron chi connectivity index (χ3n) is 7.78. The van der Waals surface area contributed by atoms with Crippen molar-refractivity contribution in [3.63, 3.8) is 0 Å². The predicted octanol–water partition coefficient (Wildman–Crippen LogP) is 5.91. The average Bonchev–Trinajstić information content (AvgIpc) is 2.99. The SMILES string of the molecule is CC(C)Oc1cc(-c2ccc(CCC(OC(N)=O)[C@H](O)c3ccccc3)cc2)ccc1C(=O)NS(=O)(=O)CC1CCCCC1. The summed E-state index contributed by atoms with van der Waals surface area (Å²) in [5.74, 6) is -0.386. The van der Waals surface area contributed by atoms with E-state index in [1.807, 2.05) is 44.2 Å². The Kier molecular flexibility index (Phi) is 11.4. The monoisotopic (exact) mass is 622 g/mol. The van der Waals surface area contributed by atoms with Gasteiger partial charge in [0, 0.05) is 0 Å². The minimum atomic E-state index is -3.79. The molecular weight excluding hydrogens is 580 g/mol. The molecule has 1 aliphatic rings. The van der Waals surface area contributed by atoms with Crippen LogP contribution in [0.25, 0.3) is 11.1 Å². The zero-order valence-electron chi connectivity index (χ0n) is 25.3. The number of sulfonamides is 1. The lowest BCUT2D eigenvalue weighted by molar-refractivity contribution is 0.000953. The summed E-state index contributed by atoms with van der Waals surface area (Å²) >= 11 is 0. The first-order chi connectivity index (χ1) is 21.0. The lowest BCUT2D eigenvalue weighted by Gasteiger charge is -2.23. The highest BCUT2D eigenvalue weighted by molar-refractivity contribution is 7.90. The average molecular weight is 623 g/mol. The van der Waals surface area contributed by atoms with Crippen LogP contribution >= 0.6 is 0 Å². The molecule has 0 aliphatic heterocycles. The van der Waals surface area contributed by atoms with Gasteiger partial charge in [-0.3, -0.25) is 4.79 Å². The first kappa shape index (κ1) is 33.0. The van der Waals surface area contributed by atoms with Crippen molar-refractivity contribution in [3.05, 3.63) is 89.5 Å². The van der Waals surface area contributed by atoms with E-state index in [2.05, 4.69) is 4.72 Å². The van der Waals surface area contributed by atoms with Crippen LogP contribution in [0.5, 0.6) is 5.75 Å². The summed E-state index contributed by atoms with van der Waals surface area (Å²) in [6.07, 6.45) is 2.77. The zero-order valence-corrected chi connectivity index (χ0v) is 26.1. The second kappa shape index (κ2) is 15.2. The van der Waals surface area contributed by atoms with Crippen molar-refractivity contribution in [1.82, 2.24) is 4.72 Å². The Morgan fingerprint density at radius 3 is 2.25 bits per heavy atom. The smallest absolute Gasteiger partial charge is 0.404 e. The van der Waals surface area contributed by atoms with Crippen molar-refractivity contribution in [3.8, 4) is 16.9 Å². The minimum Gasteiger partial charge on any atom is -0.490 e. The topological polar surface area (TPSA) is 145 Å². The summed E-state index contributed by atoms with van der Waals surface area (Å²) in [5.41, 5.74) is 8.68. The molecule has 4 rings (SSSR count). The van der Waals surface area contributed by atoms with E-state index in [1.54, 1.807) is 42.5 Å². The number of carbonyl (C=O) groups excluding carboxylic acids is 2. The van der Waals surface area contributed by atoms with Gasteiger partial charge in [-0.1, -0.05) is 79.9 Å². The summed E-state index contributed by atoms with van der Waals surface area (Å²) < 4.78 is 39.0. The number of amides is 2. The quantitative estimate of drug-likeness (QED) is 0.215. The van der Waals surface area contributed by atoms with Gasteiger partial charge in [0.1, 0.15) is 18.0 Å². The molecule has 1 unspecified atom stereocenters. The maximum absolute atomic E-state index is 13.1. The molecule has 2 atom stereocenters. The Balaban J connectivity index is 1.45. The molecule has 0 spiro atoms. The number of benzene rings is 3. The number of aliphatic hydroxyl groups excluding tert-OH is 1. The molecule has 0 aromatic heterocycles. The van der Waals surface area contributed by atoms with Crippen LogP contribution in [0.4, 0.5) is 4.79 Å². The largest absolute Gasteiger partial charge is 0.490 e. The number of aliphatic hydroxyl groups is 1. The highest BCUT2D eigenvalue weighted by atomic mass is 32.2. The van der Waals surface area contributed by atoms with Crippen LogP contribution in [0, 0.1) is 5.92 Å². The van der Waals surface area contributed by atoms with E-state index in [4.69, 9.17) is 15.2 Å². The van der Waals surface area contributed by atoms with Gasteiger partial charge in [-0.15, -0.1) is 0 Å². The van der Waals surface area contributed by atoms with Crippen LogP contribution in [-0.2, 0) is 21.2 Å². The molecule has 1 saturated carbocycles. The molecule has 44 heavy (non-hydrogen) atoms. The summed E-state index contributed by atoms with van der Waals surface area (Å²) in [6, 6.07) is 21.8. The first-order valence-corrected chi connectivity index (χ1v) is 16.8. The molecule has 2 amide bonds. The number of aryl methyl sites for hydroxylation is 1. The number of primary amides is 1. The Labute approximate surface area is 259 Å². The van der Waals surface area contributed by atoms with E-state index in [9.17, 15) is 23.1 Å². The van der Waals surface area contributed by atoms with E-state index >= 15 is 0 Å². The van der Waals surface area contributed by atoms with E-state index in [0.717, 1.165) is 48.8 Å². The third kappa shape index (κ3) is 9.56. The highest BCUT2D eigenvalue weighted by Crippen LogP contribution is 2.30. The number of nitrogens with one attached hydrogen (secondary N) is 1. The van der Waals surface area contributed by atoms with Crippen molar-refractivity contribution in [2.24, 2.45) is 11.7 Å². The number of hydrogen-bond donors (Lipinski definition) is 3. The summed E-state index contributed by atoms with van der Waals surface area (Å²) in [5, 5.41) is 10.8. The van der Waals surface area contributed by atoms with Crippen LogP contribution in [0.15, 0.2) is 72.8 Å². The maximum Gasteiger partial charge on any atom is 0.404 e. The molecule has 0 radical (unpaired) electrons. The lowest BCUT2D eigenvalue weighted by atomic mass is 9.91. The summed E-state index contributed by atoms with van der Waals surface area (Å²) in [7, 11) is -3.79. The lowest BCUT2D eigenvalue weighted by Crippen LogP contribution is -2.35. The molecule has 0 heterocycles. The van der Waals surface area contributed by atoms with Crippen LogP contribution < -0.4 is 15.2 Å². The number of hydrogen-bond acceptors (Lipinski definition) is 7. The first-order valence-electron chi connectivity index (χ1n) is 15.1. The Bertz CT molecular complexity index is 1500. The molecular formula is C34H42N2O7S. The maximum atomic E-state index is 13.1. The molecule has 10 heteroatoms. The Hall–Kier alpha value is -3.89.